The van der Waals surface area contributed by atoms with Gasteiger partial charge in [-0.15, -0.1) is 0 Å². The Balaban J connectivity index is 1.19. The van der Waals surface area contributed by atoms with Crippen LogP contribution < -0.4 is 15.1 Å². The molecule has 1 aromatic heterocycles. The minimum Gasteiger partial charge on any atom is -0.379 e. The first-order valence-corrected chi connectivity index (χ1v) is 13.9. The van der Waals surface area contributed by atoms with Gasteiger partial charge in [-0.05, 0) is 38.3 Å². The third kappa shape index (κ3) is 6.18. The maximum absolute atomic E-state index is 13.5. The summed E-state index contributed by atoms with van der Waals surface area (Å²) in [5, 5.41) is 3.71. The van der Waals surface area contributed by atoms with E-state index in [4.69, 9.17) is 9.47 Å². The summed E-state index contributed by atoms with van der Waals surface area (Å²) in [5.74, 6) is 0.543. The molecule has 0 saturated carbocycles. The monoisotopic (exact) mass is 562 g/mol. The summed E-state index contributed by atoms with van der Waals surface area (Å²) >= 11 is 0. The lowest BCUT2D eigenvalue weighted by molar-refractivity contribution is -0.137. The zero-order valence-electron chi connectivity index (χ0n) is 23.0. The van der Waals surface area contributed by atoms with Crippen molar-refractivity contribution in [2.24, 2.45) is 0 Å². The van der Waals surface area contributed by atoms with Gasteiger partial charge in [-0.2, -0.15) is 13.2 Å². The predicted molar refractivity (Wildman–Crippen MR) is 145 cm³/mol. The molecule has 2 unspecified atom stereocenters. The molecule has 2 aromatic rings. The van der Waals surface area contributed by atoms with Crippen LogP contribution in [0.25, 0.3) is 0 Å². The van der Waals surface area contributed by atoms with Gasteiger partial charge in [0.15, 0.2) is 0 Å². The van der Waals surface area contributed by atoms with E-state index in [2.05, 4.69) is 15.3 Å². The highest BCUT2D eigenvalue weighted by Gasteiger charge is 2.36. The normalized spacial score (nSPS) is 23.0. The van der Waals surface area contributed by atoms with Gasteiger partial charge >= 0.3 is 6.18 Å². The topological polar surface area (TPSA) is 83.1 Å². The van der Waals surface area contributed by atoms with Crippen LogP contribution in [0.15, 0.2) is 30.6 Å². The first kappa shape index (κ1) is 28.6. The van der Waals surface area contributed by atoms with Crippen LogP contribution in [-0.4, -0.2) is 98.6 Å². The second-order valence-corrected chi connectivity index (χ2v) is 10.6. The Kier molecular flexibility index (Phi) is 8.77. The van der Waals surface area contributed by atoms with Crippen molar-refractivity contribution in [2.45, 2.75) is 50.6 Å². The number of hydrogen-bond donors (Lipinski definition) is 1. The lowest BCUT2D eigenvalue weighted by atomic mass is 9.99. The summed E-state index contributed by atoms with van der Waals surface area (Å²) in [7, 11) is 1.71. The number of hydrogen-bond acceptors (Lipinski definition) is 8. The summed E-state index contributed by atoms with van der Waals surface area (Å²) < 4.78 is 51.7. The van der Waals surface area contributed by atoms with E-state index in [1.807, 2.05) is 16.7 Å². The highest BCUT2D eigenvalue weighted by Crippen LogP contribution is 2.37. The number of anilines is 2. The molecule has 12 heteroatoms. The Morgan fingerprint density at radius 2 is 1.73 bits per heavy atom. The number of nitrogens with zero attached hydrogens (tertiary/aromatic N) is 5. The number of ether oxygens (including phenoxy) is 2. The summed E-state index contributed by atoms with van der Waals surface area (Å²) in [6, 6.07) is 6.24. The van der Waals surface area contributed by atoms with Crippen molar-refractivity contribution in [1.82, 2.24) is 20.2 Å². The molecule has 1 N–H and O–H groups in total. The molecular weight excluding hydrogens is 525 g/mol. The van der Waals surface area contributed by atoms with Crippen LogP contribution in [0.4, 0.5) is 24.7 Å². The van der Waals surface area contributed by atoms with Gasteiger partial charge in [0.25, 0.3) is 5.91 Å². The SMILES string of the molecule is COC1COCCC1NC1CCN(C(=O)c2ncnc(N3CCN(c4ccccc4C(F)(F)F)CC3)c2C)CC1. The number of alkyl halides is 3. The molecule has 2 atom stereocenters. The maximum atomic E-state index is 13.5. The lowest BCUT2D eigenvalue weighted by Crippen LogP contribution is -2.54. The molecule has 3 fully saturated rings. The van der Waals surface area contributed by atoms with Gasteiger partial charge in [0.05, 0.1) is 18.3 Å². The molecule has 3 saturated heterocycles. The van der Waals surface area contributed by atoms with E-state index in [9.17, 15) is 18.0 Å². The van der Waals surface area contributed by atoms with E-state index in [0.29, 0.717) is 69.0 Å². The highest BCUT2D eigenvalue weighted by molar-refractivity contribution is 5.94. The zero-order valence-corrected chi connectivity index (χ0v) is 23.0. The number of aromatic nitrogens is 2. The summed E-state index contributed by atoms with van der Waals surface area (Å²) in [6.07, 6.45) is -0.366. The first-order valence-electron chi connectivity index (χ1n) is 13.9. The molecule has 4 heterocycles. The average Bonchev–Trinajstić information content (AvgIpc) is 2.97. The van der Waals surface area contributed by atoms with Gasteiger partial charge in [0, 0.05) is 76.3 Å². The third-order valence-electron chi connectivity index (χ3n) is 8.23. The van der Waals surface area contributed by atoms with Crippen molar-refractivity contribution < 1.29 is 27.4 Å². The number of piperazine rings is 1. The van der Waals surface area contributed by atoms with Gasteiger partial charge in [-0.1, -0.05) is 12.1 Å². The van der Waals surface area contributed by atoms with E-state index < -0.39 is 11.7 Å². The van der Waals surface area contributed by atoms with Gasteiger partial charge < -0.3 is 29.5 Å². The fourth-order valence-corrected chi connectivity index (χ4v) is 5.96. The second kappa shape index (κ2) is 12.3. The third-order valence-corrected chi connectivity index (χ3v) is 8.23. The van der Waals surface area contributed by atoms with Crippen LogP contribution in [0, 0.1) is 6.92 Å². The minimum atomic E-state index is -4.41. The molecule has 40 heavy (non-hydrogen) atoms. The van der Waals surface area contributed by atoms with Crippen LogP contribution >= 0.6 is 0 Å². The molecule has 5 rings (SSSR count). The molecular formula is C28H37F3N6O3. The summed E-state index contributed by atoms with van der Waals surface area (Å²) in [5.41, 5.74) is 0.643. The van der Waals surface area contributed by atoms with Crippen LogP contribution in [0.1, 0.15) is 40.9 Å². The molecule has 1 aromatic carbocycles. The number of piperidine rings is 1. The number of amides is 1. The predicted octanol–water partition coefficient (Wildman–Crippen LogP) is 3.13. The minimum absolute atomic E-state index is 0.0387. The van der Waals surface area contributed by atoms with E-state index in [-0.39, 0.29) is 23.7 Å². The van der Waals surface area contributed by atoms with Crippen molar-refractivity contribution in [2.75, 3.05) is 69.4 Å². The number of halogens is 3. The zero-order chi connectivity index (χ0) is 28.3. The van der Waals surface area contributed by atoms with Crippen LogP contribution in [0.5, 0.6) is 0 Å². The molecule has 9 nitrogen and oxygen atoms in total. The number of carbonyl (C=O) groups excluding carboxylic acids is 1. The molecule has 3 aliphatic heterocycles. The number of likely N-dealkylation sites (tertiary alicyclic amines) is 1. The van der Waals surface area contributed by atoms with Crippen LogP contribution in [-0.2, 0) is 15.7 Å². The van der Waals surface area contributed by atoms with Crippen LogP contribution in [0.2, 0.25) is 0 Å². The second-order valence-electron chi connectivity index (χ2n) is 10.6. The molecule has 0 bridgehead atoms. The van der Waals surface area contributed by atoms with Gasteiger partial charge in [-0.3, -0.25) is 4.79 Å². The summed E-state index contributed by atoms with van der Waals surface area (Å²) in [6.45, 7) is 6.23. The highest BCUT2D eigenvalue weighted by atomic mass is 19.4. The maximum Gasteiger partial charge on any atom is 0.418 e. The van der Waals surface area contributed by atoms with Crippen LogP contribution in [0.3, 0.4) is 0 Å². The fourth-order valence-electron chi connectivity index (χ4n) is 5.96. The number of carbonyl (C=O) groups is 1. The number of benzene rings is 1. The van der Waals surface area contributed by atoms with E-state index in [1.54, 1.807) is 18.1 Å². The Morgan fingerprint density at radius 1 is 1.02 bits per heavy atom. The van der Waals surface area contributed by atoms with E-state index in [0.717, 1.165) is 31.9 Å². The van der Waals surface area contributed by atoms with Crippen molar-refractivity contribution >= 4 is 17.4 Å². The molecule has 0 aliphatic carbocycles. The first-order chi connectivity index (χ1) is 19.3. The fraction of sp³-hybridized carbons (Fsp3) is 0.607. The standard InChI is InChI=1S/C28H37F3N6O3/c1-19-25(27(38)37-10-7-20(8-11-37)34-22-9-16-40-17-24(22)39-2)32-18-33-26(19)36-14-12-35(13-15-36)23-6-4-3-5-21(23)28(29,30)31/h3-6,18,20,22,24,34H,7-17H2,1-2H3. The van der Waals surface area contributed by atoms with E-state index in [1.165, 1.54) is 18.5 Å². The Hall–Kier alpha value is -2.96. The number of rotatable bonds is 6. The number of para-hydroxylation sites is 1. The Labute approximate surface area is 232 Å². The van der Waals surface area contributed by atoms with Gasteiger partial charge in [0.2, 0.25) is 0 Å². The Bertz CT molecular complexity index is 1170. The van der Waals surface area contributed by atoms with Crippen molar-refractivity contribution in [3.63, 3.8) is 0 Å². The van der Waals surface area contributed by atoms with Crippen molar-refractivity contribution in [3.8, 4) is 0 Å². The lowest BCUT2D eigenvalue weighted by Gasteiger charge is -2.39. The molecule has 0 spiro atoms. The molecule has 3 aliphatic rings. The molecule has 1 amide bonds. The summed E-state index contributed by atoms with van der Waals surface area (Å²) in [4.78, 5) is 27.9. The quantitative estimate of drug-likeness (QED) is 0.575. The molecule has 218 valence electrons. The van der Waals surface area contributed by atoms with Gasteiger partial charge in [0.1, 0.15) is 17.8 Å². The van der Waals surface area contributed by atoms with Crippen molar-refractivity contribution in [1.29, 1.82) is 0 Å². The van der Waals surface area contributed by atoms with Gasteiger partial charge in [-0.25, -0.2) is 9.97 Å². The van der Waals surface area contributed by atoms with E-state index >= 15 is 0 Å². The average molecular weight is 563 g/mol. The van der Waals surface area contributed by atoms with Crippen molar-refractivity contribution in [3.05, 3.63) is 47.4 Å². The largest absolute Gasteiger partial charge is 0.418 e. The Morgan fingerprint density at radius 3 is 2.42 bits per heavy atom. The number of nitrogens with one attached hydrogen (secondary N) is 1. The molecule has 0 radical (unpaired) electrons. The number of methoxy groups -OCH3 is 1. The smallest absolute Gasteiger partial charge is 0.379 e.